The second-order valence-electron chi connectivity index (χ2n) is 3.79. The fourth-order valence-electron chi connectivity index (χ4n) is 1.61. The summed E-state index contributed by atoms with van der Waals surface area (Å²) in [6.07, 6.45) is 0. The third kappa shape index (κ3) is 2.84. The molecule has 2 aromatic rings. The van der Waals surface area contributed by atoms with Crippen LogP contribution in [0.3, 0.4) is 0 Å². The first-order chi connectivity index (χ1) is 8.20. The van der Waals surface area contributed by atoms with Gasteiger partial charge in [0.2, 0.25) is 0 Å². The molecule has 0 spiro atoms. The first kappa shape index (κ1) is 12.1. The Balaban J connectivity index is 2.28. The summed E-state index contributed by atoms with van der Waals surface area (Å²) in [5.74, 6) is 0. The van der Waals surface area contributed by atoms with Crippen molar-refractivity contribution in [2.75, 3.05) is 0 Å². The maximum absolute atomic E-state index is 11.7. The molecule has 0 aliphatic rings. The summed E-state index contributed by atoms with van der Waals surface area (Å²) in [7, 11) is 0. The Morgan fingerprint density at radius 3 is 2.29 bits per heavy atom. The molecule has 0 fully saturated rings. The molecule has 3 nitrogen and oxygen atoms in total. The third-order valence-electron chi connectivity index (χ3n) is 2.60. The minimum absolute atomic E-state index is 0.0118. The first-order valence-electron chi connectivity index (χ1n) is 5.34. The molecule has 0 bridgehead atoms. The van der Waals surface area contributed by atoms with E-state index in [-0.39, 0.29) is 5.56 Å². The highest BCUT2D eigenvalue weighted by molar-refractivity contribution is 9.10. The lowest BCUT2D eigenvalue weighted by Crippen LogP contribution is -2.20. The summed E-state index contributed by atoms with van der Waals surface area (Å²) in [6.45, 7) is 1.10. The van der Waals surface area contributed by atoms with Crippen molar-refractivity contribution in [2.45, 2.75) is 13.1 Å². The zero-order valence-corrected chi connectivity index (χ0v) is 10.9. The Morgan fingerprint density at radius 2 is 1.71 bits per heavy atom. The molecule has 0 saturated heterocycles. The minimum atomic E-state index is -0.0118. The van der Waals surface area contributed by atoms with Crippen LogP contribution in [0.25, 0.3) is 0 Å². The predicted octanol–water partition coefficient (Wildman–Crippen LogP) is 2.12. The first-order valence-corrected chi connectivity index (χ1v) is 6.13. The molecule has 0 aliphatic heterocycles. The average molecular weight is 293 g/mol. The number of nitrogens with two attached hydrogens (primary N) is 1. The van der Waals surface area contributed by atoms with Crippen LogP contribution in [0, 0.1) is 0 Å². The monoisotopic (exact) mass is 292 g/mol. The lowest BCUT2D eigenvalue weighted by molar-refractivity contribution is 0.739. The highest BCUT2D eigenvalue weighted by Crippen LogP contribution is 2.10. The quantitative estimate of drug-likeness (QED) is 0.881. The molecule has 0 aliphatic carbocycles. The standard InChI is InChI=1S/C13H13BrN2O/c14-12-2-1-3-13(17)16(12)9-11-6-4-10(8-15)5-7-11/h1-7H,8-9,15H2. The molecule has 1 aromatic carbocycles. The molecule has 2 N–H and O–H groups in total. The zero-order chi connectivity index (χ0) is 12.3. The second kappa shape index (κ2) is 5.29. The fraction of sp³-hybridized carbons (Fsp3) is 0.154. The topological polar surface area (TPSA) is 48.0 Å². The molecule has 1 aromatic heterocycles. The largest absolute Gasteiger partial charge is 0.326 e. The van der Waals surface area contributed by atoms with Crippen LogP contribution >= 0.6 is 15.9 Å². The van der Waals surface area contributed by atoms with Crippen LogP contribution < -0.4 is 11.3 Å². The van der Waals surface area contributed by atoms with E-state index in [9.17, 15) is 4.79 Å². The Kier molecular flexibility index (Phi) is 3.76. The molecule has 17 heavy (non-hydrogen) atoms. The van der Waals surface area contributed by atoms with Crippen LogP contribution in [-0.4, -0.2) is 4.57 Å². The van der Waals surface area contributed by atoms with Gasteiger partial charge in [-0.25, -0.2) is 0 Å². The molecule has 0 unspecified atom stereocenters. The molecular weight excluding hydrogens is 280 g/mol. The summed E-state index contributed by atoms with van der Waals surface area (Å²) < 4.78 is 2.46. The number of pyridine rings is 1. The van der Waals surface area contributed by atoms with Crippen molar-refractivity contribution in [3.05, 3.63) is 68.5 Å². The average Bonchev–Trinajstić information content (AvgIpc) is 2.35. The van der Waals surface area contributed by atoms with Crippen LogP contribution in [0.2, 0.25) is 0 Å². The number of nitrogens with zero attached hydrogens (tertiary/aromatic N) is 1. The van der Waals surface area contributed by atoms with E-state index in [0.717, 1.165) is 15.7 Å². The Morgan fingerprint density at radius 1 is 1.06 bits per heavy atom. The van der Waals surface area contributed by atoms with Crippen LogP contribution in [0.1, 0.15) is 11.1 Å². The fourth-order valence-corrected chi connectivity index (χ4v) is 2.06. The van der Waals surface area contributed by atoms with Gasteiger partial charge >= 0.3 is 0 Å². The lowest BCUT2D eigenvalue weighted by Gasteiger charge is -2.08. The number of hydrogen-bond donors (Lipinski definition) is 1. The minimum Gasteiger partial charge on any atom is -0.326 e. The van der Waals surface area contributed by atoms with Crippen molar-refractivity contribution in [3.63, 3.8) is 0 Å². The number of hydrogen-bond acceptors (Lipinski definition) is 2. The molecule has 2 rings (SSSR count). The van der Waals surface area contributed by atoms with Crippen molar-refractivity contribution in [1.82, 2.24) is 4.57 Å². The van der Waals surface area contributed by atoms with E-state index in [4.69, 9.17) is 5.73 Å². The van der Waals surface area contributed by atoms with E-state index < -0.39 is 0 Å². The van der Waals surface area contributed by atoms with Gasteiger partial charge in [0.1, 0.15) is 0 Å². The van der Waals surface area contributed by atoms with Gasteiger partial charge in [-0.05, 0) is 33.1 Å². The number of rotatable bonds is 3. The highest BCUT2D eigenvalue weighted by atomic mass is 79.9. The van der Waals surface area contributed by atoms with E-state index >= 15 is 0 Å². The van der Waals surface area contributed by atoms with Crippen LogP contribution in [0.4, 0.5) is 0 Å². The van der Waals surface area contributed by atoms with Crippen molar-refractivity contribution >= 4 is 15.9 Å². The van der Waals surface area contributed by atoms with Gasteiger partial charge in [-0.1, -0.05) is 30.3 Å². The summed E-state index contributed by atoms with van der Waals surface area (Å²) in [6, 6.07) is 13.1. The van der Waals surface area contributed by atoms with E-state index in [0.29, 0.717) is 13.1 Å². The summed E-state index contributed by atoms with van der Waals surface area (Å²) in [4.78, 5) is 11.7. The Bertz CT molecular complexity index is 560. The molecule has 4 heteroatoms. The van der Waals surface area contributed by atoms with E-state index in [1.54, 1.807) is 16.7 Å². The van der Waals surface area contributed by atoms with E-state index in [1.807, 2.05) is 30.3 Å². The van der Waals surface area contributed by atoms with Crippen molar-refractivity contribution < 1.29 is 0 Å². The van der Waals surface area contributed by atoms with E-state index in [1.165, 1.54) is 0 Å². The second-order valence-corrected chi connectivity index (χ2v) is 4.61. The van der Waals surface area contributed by atoms with Gasteiger partial charge in [0, 0.05) is 12.6 Å². The maximum atomic E-state index is 11.7. The Hall–Kier alpha value is -1.39. The van der Waals surface area contributed by atoms with Crippen LogP contribution in [-0.2, 0) is 13.1 Å². The summed E-state index contributed by atoms with van der Waals surface area (Å²) in [5, 5.41) is 0. The molecule has 0 radical (unpaired) electrons. The van der Waals surface area contributed by atoms with Crippen LogP contribution in [0.15, 0.2) is 51.9 Å². The third-order valence-corrected chi connectivity index (χ3v) is 3.29. The number of benzene rings is 1. The predicted molar refractivity (Wildman–Crippen MR) is 71.8 cm³/mol. The zero-order valence-electron chi connectivity index (χ0n) is 9.27. The molecule has 0 atom stereocenters. The van der Waals surface area contributed by atoms with Gasteiger partial charge in [-0.15, -0.1) is 0 Å². The molecule has 0 amide bonds. The van der Waals surface area contributed by atoms with Gasteiger partial charge in [0.15, 0.2) is 0 Å². The highest BCUT2D eigenvalue weighted by Gasteiger charge is 2.01. The summed E-state index contributed by atoms with van der Waals surface area (Å²) >= 11 is 3.38. The van der Waals surface area contributed by atoms with Gasteiger partial charge < -0.3 is 5.73 Å². The molecule has 1 heterocycles. The van der Waals surface area contributed by atoms with Crippen molar-refractivity contribution in [2.24, 2.45) is 5.73 Å². The van der Waals surface area contributed by atoms with Gasteiger partial charge in [0.25, 0.3) is 5.56 Å². The summed E-state index contributed by atoms with van der Waals surface area (Å²) in [5.41, 5.74) is 7.70. The Labute approximate surface area is 108 Å². The van der Waals surface area contributed by atoms with Gasteiger partial charge in [-0.3, -0.25) is 9.36 Å². The van der Waals surface area contributed by atoms with Gasteiger partial charge in [0.05, 0.1) is 11.1 Å². The molecular formula is C13H13BrN2O. The molecule has 88 valence electrons. The smallest absolute Gasteiger partial charge is 0.251 e. The van der Waals surface area contributed by atoms with E-state index in [2.05, 4.69) is 15.9 Å². The van der Waals surface area contributed by atoms with Crippen LogP contribution in [0.5, 0.6) is 0 Å². The normalized spacial score (nSPS) is 10.5. The maximum Gasteiger partial charge on any atom is 0.251 e. The van der Waals surface area contributed by atoms with Crippen molar-refractivity contribution in [1.29, 1.82) is 0 Å². The number of halogens is 1. The van der Waals surface area contributed by atoms with Gasteiger partial charge in [-0.2, -0.15) is 0 Å². The SMILES string of the molecule is NCc1ccc(Cn2c(Br)cccc2=O)cc1. The lowest BCUT2D eigenvalue weighted by atomic mass is 10.1. The number of aromatic nitrogens is 1. The van der Waals surface area contributed by atoms with Crippen molar-refractivity contribution in [3.8, 4) is 0 Å². The molecule has 0 saturated carbocycles.